The predicted octanol–water partition coefficient (Wildman–Crippen LogP) is 3.22. The van der Waals surface area contributed by atoms with E-state index in [1.807, 2.05) is 26.0 Å². The third-order valence-electron chi connectivity index (χ3n) is 4.50. The van der Waals surface area contributed by atoms with Crippen molar-refractivity contribution in [3.05, 3.63) is 34.9 Å². The summed E-state index contributed by atoms with van der Waals surface area (Å²) < 4.78 is 4.97. The lowest BCUT2D eigenvalue weighted by atomic mass is 9.74. The van der Waals surface area contributed by atoms with Gasteiger partial charge in [-0.05, 0) is 42.4 Å². The summed E-state index contributed by atoms with van der Waals surface area (Å²) in [5, 5.41) is 11.3. The zero-order valence-corrected chi connectivity index (χ0v) is 12.9. The number of esters is 1. The van der Waals surface area contributed by atoms with Gasteiger partial charge < -0.3 is 9.84 Å². The second-order valence-electron chi connectivity index (χ2n) is 6.34. The van der Waals surface area contributed by atoms with E-state index >= 15 is 0 Å². The average Bonchev–Trinajstić information content (AvgIpc) is 2.65. The van der Waals surface area contributed by atoms with Gasteiger partial charge in [0, 0.05) is 5.02 Å². The van der Waals surface area contributed by atoms with Crippen molar-refractivity contribution >= 4 is 17.6 Å². The van der Waals surface area contributed by atoms with Gasteiger partial charge >= 0.3 is 5.97 Å². The molecule has 1 aromatic rings. The third kappa shape index (κ3) is 2.57. The van der Waals surface area contributed by atoms with Crippen molar-refractivity contribution < 1.29 is 14.6 Å². The number of aliphatic hydroxyl groups is 1. The summed E-state index contributed by atoms with van der Waals surface area (Å²) in [6.07, 6.45) is 1.20. The summed E-state index contributed by atoms with van der Waals surface area (Å²) in [5.74, 6) is -0.328. The standard InChI is InChI=1S/C16H21ClO3/c1-15(2)8-9-16(13(15)18,14(19)20-3)10-11-4-6-12(17)7-5-11/h4-7,13,18H,8-10H2,1-3H3. The van der Waals surface area contributed by atoms with E-state index < -0.39 is 11.5 Å². The van der Waals surface area contributed by atoms with Crippen LogP contribution < -0.4 is 0 Å². The van der Waals surface area contributed by atoms with E-state index in [1.165, 1.54) is 7.11 Å². The van der Waals surface area contributed by atoms with Crippen molar-refractivity contribution in [2.45, 2.75) is 39.2 Å². The van der Waals surface area contributed by atoms with E-state index in [0.717, 1.165) is 12.0 Å². The van der Waals surface area contributed by atoms with Crippen LogP contribution in [-0.2, 0) is 16.0 Å². The number of rotatable bonds is 3. The highest BCUT2D eigenvalue weighted by atomic mass is 35.5. The Morgan fingerprint density at radius 1 is 1.35 bits per heavy atom. The number of ether oxygens (including phenoxy) is 1. The van der Waals surface area contributed by atoms with E-state index in [1.54, 1.807) is 12.1 Å². The lowest BCUT2D eigenvalue weighted by Gasteiger charge is -2.34. The average molecular weight is 297 g/mol. The molecule has 0 aliphatic heterocycles. The van der Waals surface area contributed by atoms with Gasteiger partial charge in [0.15, 0.2) is 0 Å². The topological polar surface area (TPSA) is 46.5 Å². The molecule has 20 heavy (non-hydrogen) atoms. The Morgan fingerprint density at radius 3 is 2.40 bits per heavy atom. The van der Waals surface area contributed by atoms with Crippen LogP contribution in [0.25, 0.3) is 0 Å². The second-order valence-corrected chi connectivity index (χ2v) is 6.78. The summed E-state index contributed by atoms with van der Waals surface area (Å²) in [6.45, 7) is 3.98. The van der Waals surface area contributed by atoms with E-state index in [0.29, 0.717) is 17.9 Å². The lowest BCUT2D eigenvalue weighted by Crippen LogP contribution is -2.45. The first-order valence-electron chi connectivity index (χ1n) is 6.83. The highest BCUT2D eigenvalue weighted by molar-refractivity contribution is 6.30. The van der Waals surface area contributed by atoms with Gasteiger partial charge in [-0.2, -0.15) is 0 Å². The molecule has 2 unspecified atom stereocenters. The van der Waals surface area contributed by atoms with E-state index in [9.17, 15) is 9.90 Å². The Kier molecular flexibility index (Phi) is 4.12. The third-order valence-corrected chi connectivity index (χ3v) is 4.76. The molecule has 1 fully saturated rings. The van der Waals surface area contributed by atoms with Crippen molar-refractivity contribution in [1.82, 2.24) is 0 Å². The molecular weight excluding hydrogens is 276 g/mol. The molecule has 1 aliphatic rings. The Bertz CT molecular complexity index is 495. The van der Waals surface area contributed by atoms with Gasteiger partial charge in [-0.1, -0.05) is 37.6 Å². The first kappa shape index (κ1) is 15.3. The summed E-state index contributed by atoms with van der Waals surface area (Å²) in [7, 11) is 1.38. The zero-order chi connectivity index (χ0) is 15.0. The van der Waals surface area contributed by atoms with Gasteiger partial charge in [-0.25, -0.2) is 0 Å². The SMILES string of the molecule is COC(=O)C1(Cc2ccc(Cl)cc2)CCC(C)(C)C1O. The van der Waals surface area contributed by atoms with Crippen molar-refractivity contribution in [3.63, 3.8) is 0 Å². The number of benzene rings is 1. The van der Waals surface area contributed by atoms with Crippen molar-refractivity contribution in [2.24, 2.45) is 10.8 Å². The highest BCUT2D eigenvalue weighted by Crippen LogP contribution is 2.51. The molecule has 4 heteroatoms. The fraction of sp³-hybridized carbons (Fsp3) is 0.562. The predicted molar refractivity (Wildman–Crippen MR) is 78.6 cm³/mol. The minimum Gasteiger partial charge on any atom is -0.469 e. The molecule has 0 bridgehead atoms. The molecule has 2 atom stereocenters. The van der Waals surface area contributed by atoms with Gasteiger partial charge in [0.2, 0.25) is 0 Å². The highest BCUT2D eigenvalue weighted by Gasteiger charge is 2.57. The number of carbonyl (C=O) groups is 1. The first-order chi connectivity index (χ1) is 9.32. The van der Waals surface area contributed by atoms with Crippen molar-refractivity contribution in [3.8, 4) is 0 Å². The van der Waals surface area contributed by atoms with Crippen molar-refractivity contribution in [1.29, 1.82) is 0 Å². The molecule has 0 radical (unpaired) electrons. The van der Waals surface area contributed by atoms with Gasteiger partial charge in [0.05, 0.1) is 18.6 Å². The minimum atomic E-state index is -0.855. The van der Waals surface area contributed by atoms with Crippen LogP contribution in [-0.4, -0.2) is 24.3 Å². The first-order valence-corrected chi connectivity index (χ1v) is 7.20. The Balaban J connectivity index is 2.34. The quantitative estimate of drug-likeness (QED) is 0.871. The fourth-order valence-corrected chi connectivity index (χ4v) is 3.33. The zero-order valence-electron chi connectivity index (χ0n) is 12.1. The molecular formula is C16H21ClO3. The maximum atomic E-state index is 12.3. The van der Waals surface area contributed by atoms with Gasteiger partial charge in [0.25, 0.3) is 0 Å². The maximum absolute atomic E-state index is 12.3. The number of methoxy groups -OCH3 is 1. The number of aliphatic hydroxyl groups excluding tert-OH is 1. The summed E-state index contributed by atoms with van der Waals surface area (Å²) in [6, 6.07) is 7.39. The minimum absolute atomic E-state index is 0.277. The summed E-state index contributed by atoms with van der Waals surface area (Å²) >= 11 is 5.89. The van der Waals surface area contributed by atoms with Crippen LogP contribution in [0.2, 0.25) is 5.02 Å². The van der Waals surface area contributed by atoms with Crippen LogP contribution in [0.5, 0.6) is 0 Å². The molecule has 0 amide bonds. The van der Waals surface area contributed by atoms with E-state index in [-0.39, 0.29) is 11.4 Å². The number of hydrogen-bond donors (Lipinski definition) is 1. The van der Waals surface area contributed by atoms with Crippen LogP contribution >= 0.6 is 11.6 Å². The molecule has 2 rings (SSSR count). The number of hydrogen-bond acceptors (Lipinski definition) is 3. The van der Waals surface area contributed by atoms with Crippen LogP contribution in [0.4, 0.5) is 0 Å². The molecule has 0 aromatic heterocycles. The summed E-state index contributed by atoms with van der Waals surface area (Å²) in [5.41, 5.74) is -0.149. The monoisotopic (exact) mass is 296 g/mol. The normalized spacial score (nSPS) is 28.4. The van der Waals surface area contributed by atoms with E-state index in [2.05, 4.69) is 0 Å². The Morgan fingerprint density at radius 2 is 1.95 bits per heavy atom. The lowest BCUT2D eigenvalue weighted by molar-refractivity contribution is -0.161. The molecule has 3 nitrogen and oxygen atoms in total. The maximum Gasteiger partial charge on any atom is 0.314 e. The van der Waals surface area contributed by atoms with Gasteiger partial charge in [-0.3, -0.25) is 4.79 Å². The van der Waals surface area contributed by atoms with Crippen LogP contribution in [0.3, 0.4) is 0 Å². The largest absolute Gasteiger partial charge is 0.469 e. The molecule has 0 heterocycles. The number of halogens is 1. The molecule has 1 aromatic carbocycles. The van der Waals surface area contributed by atoms with Crippen LogP contribution in [0.1, 0.15) is 32.3 Å². The molecule has 0 spiro atoms. The van der Waals surface area contributed by atoms with Crippen molar-refractivity contribution in [2.75, 3.05) is 7.11 Å². The Hall–Kier alpha value is -1.06. The van der Waals surface area contributed by atoms with E-state index in [4.69, 9.17) is 16.3 Å². The molecule has 1 N–H and O–H groups in total. The smallest absolute Gasteiger partial charge is 0.314 e. The Labute approximate surface area is 124 Å². The molecule has 1 saturated carbocycles. The van der Waals surface area contributed by atoms with Crippen LogP contribution in [0, 0.1) is 10.8 Å². The fourth-order valence-electron chi connectivity index (χ4n) is 3.21. The number of carbonyl (C=O) groups excluding carboxylic acids is 1. The van der Waals surface area contributed by atoms with Crippen LogP contribution in [0.15, 0.2) is 24.3 Å². The molecule has 0 saturated heterocycles. The second kappa shape index (κ2) is 5.38. The molecule has 1 aliphatic carbocycles. The van der Waals surface area contributed by atoms with Gasteiger partial charge in [0.1, 0.15) is 0 Å². The molecule has 110 valence electrons. The van der Waals surface area contributed by atoms with Gasteiger partial charge in [-0.15, -0.1) is 0 Å². The summed E-state index contributed by atoms with van der Waals surface area (Å²) in [4.78, 5) is 12.3.